The van der Waals surface area contributed by atoms with Gasteiger partial charge in [0.05, 0.1) is 0 Å². The Morgan fingerprint density at radius 3 is 1.46 bits per heavy atom. The van der Waals surface area contributed by atoms with Gasteiger partial charge in [-0.2, -0.15) is 26.3 Å². The molecule has 0 heterocycles. The summed E-state index contributed by atoms with van der Waals surface area (Å²) in [6, 6.07) is 12.4. The fraction of sp³-hybridized carbons (Fsp3) is 0.176. The van der Waals surface area contributed by atoms with E-state index in [-0.39, 0.29) is 0 Å². The minimum atomic E-state index is -5.88. The van der Waals surface area contributed by atoms with Crippen molar-refractivity contribution < 1.29 is 31.4 Å². The van der Waals surface area contributed by atoms with E-state index in [0.29, 0.717) is 17.7 Å². The van der Waals surface area contributed by atoms with Crippen LogP contribution in [0.5, 0.6) is 0 Å². The summed E-state index contributed by atoms with van der Waals surface area (Å²) < 4.78 is 76.6. The summed E-state index contributed by atoms with van der Waals surface area (Å²) in [5.41, 5.74) is -4.96. The molecule has 0 saturated carbocycles. The van der Waals surface area contributed by atoms with Crippen molar-refractivity contribution in [3.8, 4) is 0 Å². The number of halogens is 6. The number of rotatable bonds is 3. The maximum absolute atomic E-state index is 12.8. The van der Waals surface area contributed by atoms with E-state index in [2.05, 4.69) is 0 Å². The van der Waals surface area contributed by atoms with E-state index in [0.717, 1.165) is 17.7 Å². The van der Waals surface area contributed by atoms with E-state index in [4.69, 9.17) is 0 Å². The highest BCUT2D eigenvalue weighted by molar-refractivity contribution is 5.69. The third kappa shape index (κ3) is 3.46. The predicted molar refractivity (Wildman–Crippen MR) is 77.8 cm³/mol. The van der Waals surface area contributed by atoms with Gasteiger partial charge in [-0.25, -0.2) is 0 Å². The predicted octanol–water partition coefficient (Wildman–Crippen LogP) is 5.17. The van der Waals surface area contributed by atoms with Crippen LogP contribution in [0.2, 0.25) is 0 Å². The molecule has 1 N–H and O–H groups in total. The molecule has 0 fully saturated rings. The van der Waals surface area contributed by atoms with Gasteiger partial charge in [0.25, 0.3) is 5.60 Å². The number of hydrogen-bond donors (Lipinski definition) is 1. The molecule has 2 aromatic rings. The molecule has 2 aromatic carbocycles. The fourth-order valence-electron chi connectivity index (χ4n) is 2.08. The van der Waals surface area contributed by atoms with Crippen LogP contribution in [-0.2, 0) is 5.60 Å². The topological polar surface area (TPSA) is 20.2 Å². The summed E-state index contributed by atoms with van der Waals surface area (Å²) >= 11 is 0. The van der Waals surface area contributed by atoms with E-state index in [1.165, 1.54) is 0 Å². The highest BCUT2D eigenvalue weighted by Crippen LogP contribution is 2.49. The van der Waals surface area contributed by atoms with Crippen LogP contribution in [-0.4, -0.2) is 17.5 Å². The van der Waals surface area contributed by atoms with Gasteiger partial charge >= 0.3 is 12.4 Å². The number of aliphatic hydroxyl groups is 1. The highest BCUT2D eigenvalue weighted by Gasteiger charge is 2.71. The first-order valence-electron chi connectivity index (χ1n) is 6.75. The number of benzene rings is 2. The molecule has 128 valence electrons. The second kappa shape index (κ2) is 6.32. The van der Waals surface area contributed by atoms with E-state index < -0.39 is 23.5 Å². The largest absolute Gasteiger partial charge is 0.430 e. The Bertz CT molecular complexity index is 685. The van der Waals surface area contributed by atoms with Crippen molar-refractivity contribution in [1.82, 2.24) is 0 Å². The summed E-state index contributed by atoms with van der Waals surface area (Å²) in [7, 11) is 0. The van der Waals surface area contributed by atoms with Crippen LogP contribution in [0.1, 0.15) is 16.7 Å². The molecule has 7 heteroatoms. The zero-order valence-electron chi connectivity index (χ0n) is 12.1. The molecule has 0 spiro atoms. The molecule has 0 aliphatic rings. The highest BCUT2D eigenvalue weighted by atomic mass is 19.4. The average Bonchev–Trinajstić information content (AvgIpc) is 2.51. The molecule has 0 saturated heterocycles. The van der Waals surface area contributed by atoms with Gasteiger partial charge < -0.3 is 5.11 Å². The zero-order chi connectivity index (χ0) is 18.0. The lowest BCUT2D eigenvalue weighted by Gasteiger charge is -2.32. The molecule has 2 rings (SSSR count). The minimum absolute atomic E-state index is 0.398. The van der Waals surface area contributed by atoms with Gasteiger partial charge in [0.2, 0.25) is 0 Å². The van der Waals surface area contributed by atoms with Gasteiger partial charge in [-0.3, -0.25) is 0 Å². The molecule has 0 atom stereocenters. The van der Waals surface area contributed by atoms with Crippen molar-refractivity contribution in [2.75, 3.05) is 0 Å². The Balaban J connectivity index is 2.32. The lowest BCUT2D eigenvalue weighted by atomic mass is 9.91. The van der Waals surface area contributed by atoms with Crippen molar-refractivity contribution >= 4 is 12.2 Å². The van der Waals surface area contributed by atoms with Crippen molar-refractivity contribution in [2.45, 2.75) is 18.0 Å². The third-order valence-corrected chi connectivity index (χ3v) is 3.42. The summed E-state index contributed by atoms with van der Waals surface area (Å²) in [6.07, 6.45) is -8.56. The maximum atomic E-state index is 12.8. The number of hydrogen-bond acceptors (Lipinski definition) is 1. The summed E-state index contributed by atoms with van der Waals surface area (Å²) in [4.78, 5) is 0. The first-order chi connectivity index (χ1) is 11.1. The van der Waals surface area contributed by atoms with Gasteiger partial charge in [0, 0.05) is 5.56 Å². The molecule has 0 aliphatic heterocycles. The normalized spacial score (nSPS) is 13.5. The molecule has 0 unspecified atom stereocenters. The molecule has 24 heavy (non-hydrogen) atoms. The first-order valence-corrected chi connectivity index (χ1v) is 6.75. The van der Waals surface area contributed by atoms with Gasteiger partial charge in [0.15, 0.2) is 0 Å². The van der Waals surface area contributed by atoms with Crippen molar-refractivity contribution in [2.24, 2.45) is 0 Å². The summed E-state index contributed by atoms with van der Waals surface area (Å²) in [6.45, 7) is 0. The van der Waals surface area contributed by atoms with Crippen LogP contribution >= 0.6 is 0 Å². The van der Waals surface area contributed by atoms with Crippen LogP contribution in [0.4, 0.5) is 26.3 Å². The van der Waals surface area contributed by atoms with Crippen LogP contribution < -0.4 is 0 Å². The average molecular weight is 346 g/mol. The Hall–Kier alpha value is -2.28. The number of alkyl halides is 6. The quantitative estimate of drug-likeness (QED) is 0.601. The maximum Gasteiger partial charge on any atom is 0.430 e. The monoisotopic (exact) mass is 346 g/mol. The van der Waals surface area contributed by atoms with E-state index in [1.54, 1.807) is 42.5 Å². The molecule has 0 bridgehead atoms. The van der Waals surface area contributed by atoms with E-state index >= 15 is 0 Å². The van der Waals surface area contributed by atoms with Crippen molar-refractivity contribution in [3.63, 3.8) is 0 Å². The van der Waals surface area contributed by atoms with Crippen LogP contribution in [0.15, 0.2) is 54.6 Å². The lowest BCUT2D eigenvalue weighted by Crippen LogP contribution is -2.53. The van der Waals surface area contributed by atoms with Crippen LogP contribution in [0, 0.1) is 0 Å². The third-order valence-electron chi connectivity index (χ3n) is 3.42. The molecular formula is C17H12F6O. The summed E-state index contributed by atoms with van der Waals surface area (Å²) in [5, 5.41) is 9.29. The van der Waals surface area contributed by atoms with Gasteiger partial charge in [0.1, 0.15) is 0 Å². The SMILES string of the molecule is OC(c1ccc(/C=C/c2ccccc2)cc1)(C(F)(F)F)C(F)(F)F. The zero-order valence-corrected chi connectivity index (χ0v) is 12.1. The second-order valence-corrected chi connectivity index (χ2v) is 5.07. The molecule has 0 amide bonds. The fourth-order valence-corrected chi connectivity index (χ4v) is 2.08. The second-order valence-electron chi connectivity index (χ2n) is 5.07. The Labute approximate surface area is 133 Å². The molecule has 0 radical (unpaired) electrons. The minimum Gasteiger partial charge on any atom is -0.369 e. The lowest BCUT2D eigenvalue weighted by molar-refractivity contribution is -0.376. The molecule has 0 aromatic heterocycles. The van der Waals surface area contributed by atoms with E-state index in [9.17, 15) is 31.4 Å². The van der Waals surface area contributed by atoms with Gasteiger partial charge in [-0.15, -0.1) is 0 Å². The Morgan fingerprint density at radius 2 is 1.04 bits per heavy atom. The van der Waals surface area contributed by atoms with E-state index in [1.807, 2.05) is 0 Å². The van der Waals surface area contributed by atoms with Gasteiger partial charge in [-0.05, 0) is 11.1 Å². The summed E-state index contributed by atoms with van der Waals surface area (Å²) in [5.74, 6) is 0. The molecular weight excluding hydrogens is 334 g/mol. The molecule has 0 aliphatic carbocycles. The molecule has 1 nitrogen and oxygen atoms in total. The van der Waals surface area contributed by atoms with Crippen molar-refractivity contribution in [3.05, 3.63) is 71.3 Å². The Morgan fingerprint density at radius 1 is 0.625 bits per heavy atom. The van der Waals surface area contributed by atoms with Gasteiger partial charge in [-0.1, -0.05) is 66.7 Å². The Kier molecular flexibility index (Phi) is 4.75. The smallest absolute Gasteiger partial charge is 0.369 e. The standard InChI is InChI=1S/C17H12F6O/c18-16(19,20)15(24,17(21,22)23)14-10-8-13(9-11-14)7-6-12-4-2-1-3-5-12/h1-11,24H/b7-6+. The van der Waals surface area contributed by atoms with Crippen molar-refractivity contribution in [1.29, 1.82) is 0 Å². The van der Waals surface area contributed by atoms with Crippen LogP contribution in [0.3, 0.4) is 0 Å². The first kappa shape index (κ1) is 18.1. The van der Waals surface area contributed by atoms with Crippen LogP contribution in [0.25, 0.3) is 12.2 Å².